The second-order valence-corrected chi connectivity index (χ2v) is 6.88. The molecular weight excluding hydrogens is 363 g/mol. The summed E-state index contributed by atoms with van der Waals surface area (Å²) in [6, 6.07) is 8.32. The van der Waals surface area contributed by atoms with Gasteiger partial charge in [0.1, 0.15) is 0 Å². The average molecular weight is 386 g/mol. The summed E-state index contributed by atoms with van der Waals surface area (Å²) in [5.41, 5.74) is 0.846. The van der Waals surface area contributed by atoms with Crippen LogP contribution >= 0.6 is 22.6 Å². The van der Waals surface area contributed by atoms with Gasteiger partial charge in [0.25, 0.3) is 5.91 Å². The van der Waals surface area contributed by atoms with Crippen LogP contribution in [0.2, 0.25) is 0 Å². The summed E-state index contributed by atoms with van der Waals surface area (Å²) in [4.78, 5) is 17.1. The zero-order valence-corrected chi connectivity index (χ0v) is 14.5. The summed E-state index contributed by atoms with van der Waals surface area (Å²) >= 11 is 2.26. The van der Waals surface area contributed by atoms with Crippen molar-refractivity contribution in [3.8, 4) is 0 Å². The number of carbonyl (C=O) groups is 1. The minimum absolute atomic E-state index is 0.198. The Balaban J connectivity index is 2.16. The van der Waals surface area contributed by atoms with Gasteiger partial charge in [0, 0.05) is 22.7 Å². The maximum Gasteiger partial charge on any atom is 0.255 e. The Hall–Kier alpha value is -0.620. The second-order valence-electron chi connectivity index (χ2n) is 5.72. The number of halogens is 1. The van der Waals surface area contributed by atoms with Crippen molar-refractivity contribution in [2.75, 3.05) is 27.2 Å². The molecule has 0 spiro atoms. The lowest BCUT2D eigenvalue weighted by Crippen LogP contribution is -2.43. The summed E-state index contributed by atoms with van der Waals surface area (Å²) in [6.45, 7) is 1.74. The van der Waals surface area contributed by atoms with Gasteiger partial charge in [-0.1, -0.05) is 25.0 Å². The van der Waals surface area contributed by atoms with Crippen molar-refractivity contribution >= 4 is 28.5 Å². The lowest BCUT2D eigenvalue weighted by atomic mass is 10.1. The molecule has 0 unspecified atom stereocenters. The maximum atomic E-state index is 12.9. The van der Waals surface area contributed by atoms with Crippen molar-refractivity contribution in [1.82, 2.24) is 9.80 Å². The van der Waals surface area contributed by atoms with Crippen molar-refractivity contribution in [2.24, 2.45) is 0 Å². The molecule has 2 rings (SSSR count). The zero-order valence-electron chi connectivity index (χ0n) is 12.3. The first-order valence-electron chi connectivity index (χ1n) is 7.30. The predicted molar refractivity (Wildman–Crippen MR) is 91.0 cm³/mol. The van der Waals surface area contributed by atoms with E-state index in [1.54, 1.807) is 0 Å². The van der Waals surface area contributed by atoms with Gasteiger partial charge in [-0.2, -0.15) is 0 Å². The molecule has 0 heterocycles. The highest BCUT2D eigenvalue weighted by atomic mass is 127. The minimum Gasteiger partial charge on any atom is -0.334 e. The summed E-state index contributed by atoms with van der Waals surface area (Å²) in [5, 5.41) is 0. The molecule has 0 radical (unpaired) electrons. The third-order valence-electron chi connectivity index (χ3n) is 3.92. The second kappa shape index (κ2) is 7.41. The predicted octanol–water partition coefficient (Wildman–Crippen LogP) is 3.24. The van der Waals surface area contributed by atoms with E-state index in [1.807, 2.05) is 24.3 Å². The molecule has 1 aromatic carbocycles. The Kier molecular flexibility index (Phi) is 5.84. The Labute approximate surface area is 135 Å². The number of hydrogen-bond acceptors (Lipinski definition) is 2. The fourth-order valence-corrected chi connectivity index (χ4v) is 3.38. The zero-order chi connectivity index (χ0) is 14.5. The maximum absolute atomic E-state index is 12.9. The van der Waals surface area contributed by atoms with Crippen LogP contribution in [0.3, 0.4) is 0 Å². The van der Waals surface area contributed by atoms with Gasteiger partial charge in [-0.25, -0.2) is 0 Å². The number of likely N-dealkylation sites (N-methyl/N-ethyl adjacent to an activating group) is 1. The molecule has 0 N–H and O–H groups in total. The van der Waals surface area contributed by atoms with Crippen LogP contribution in [-0.2, 0) is 0 Å². The van der Waals surface area contributed by atoms with Gasteiger partial charge < -0.3 is 9.80 Å². The van der Waals surface area contributed by atoms with Crippen molar-refractivity contribution in [3.05, 3.63) is 33.4 Å². The minimum atomic E-state index is 0.198. The van der Waals surface area contributed by atoms with Crippen molar-refractivity contribution in [2.45, 2.75) is 31.7 Å². The first-order valence-corrected chi connectivity index (χ1v) is 8.37. The highest BCUT2D eigenvalue weighted by Gasteiger charge is 2.27. The summed E-state index contributed by atoms with van der Waals surface area (Å²) in [6.07, 6.45) is 4.82. The Morgan fingerprint density at radius 2 is 1.85 bits per heavy atom. The molecule has 3 nitrogen and oxygen atoms in total. The Morgan fingerprint density at radius 3 is 2.45 bits per heavy atom. The summed E-state index contributed by atoms with van der Waals surface area (Å²) in [7, 11) is 4.12. The van der Waals surface area contributed by atoms with E-state index in [4.69, 9.17) is 0 Å². The molecule has 0 saturated heterocycles. The van der Waals surface area contributed by atoms with E-state index in [1.165, 1.54) is 12.8 Å². The van der Waals surface area contributed by atoms with E-state index in [-0.39, 0.29) is 5.91 Å². The number of nitrogens with zero attached hydrogens (tertiary/aromatic N) is 2. The molecule has 20 heavy (non-hydrogen) atoms. The number of carbonyl (C=O) groups excluding carboxylic acids is 1. The molecule has 0 atom stereocenters. The SMILES string of the molecule is CN(C)CCN(C(=O)c1ccccc1I)C1CCCC1. The van der Waals surface area contributed by atoms with Gasteiger partial charge in [-0.15, -0.1) is 0 Å². The van der Waals surface area contributed by atoms with E-state index in [0.29, 0.717) is 6.04 Å². The van der Waals surface area contributed by atoms with Gasteiger partial charge in [-0.3, -0.25) is 4.79 Å². The highest BCUT2D eigenvalue weighted by molar-refractivity contribution is 14.1. The summed E-state index contributed by atoms with van der Waals surface area (Å²) in [5.74, 6) is 0.198. The Bertz CT molecular complexity index is 456. The standard InChI is InChI=1S/C16H23IN2O/c1-18(2)11-12-19(13-7-3-4-8-13)16(20)14-9-5-6-10-15(14)17/h5-6,9-10,13H,3-4,7-8,11-12H2,1-2H3. The number of amides is 1. The van der Waals surface area contributed by atoms with Crippen LogP contribution < -0.4 is 0 Å². The molecule has 110 valence electrons. The van der Waals surface area contributed by atoms with E-state index in [9.17, 15) is 4.79 Å². The normalized spacial score (nSPS) is 15.8. The van der Waals surface area contributed by atoms with Crippen LogP contribution in [0.5, 0.6) is 0 Å². The number of benzene rings is 1. The molecule has 1 fully saturated rings. The van der Waals surface area contributed by atoms with Gasteiger partial charge in [0.2, 0.25) is 0 Å². The molecule has 0 aromatic heterocycles. The quantitative estimate of drug-likeness (QED) is 0.726. The van der Waals surface area contributed by atoms with E-state index in [2.05, 4.69) is 46.5 Å². The fourth-order valence-electron chi connectivity index (χ4n) is 2.76. The van der Waals surface area contributed by atoms with E-state index in [0.717, 1.165) is 35.1 Å². The number of rotatable bonds is 5. The van der Waals surface area contributed by atoms with Crippen LogP contribution in [0.15, 0.2) is 24.3 Å². The monoisotopic (exact) mass is 386 g/mol. The molecule has 1 aliphatic rings. The number of hydrogen-bond donors (Lipinski definition) is 0. The Morgan fingerprint density at radius 1 is 1.20 bits per heavy atom. The first kappa shape index (κ1) is 15.8. The average Bonchev–Trinajstić information content (AvgIpc) is 2.93. The third kappa shape index (κ3) is 3.95. The molecule has 1 aliphatic carbocycles. The van der Waals surface area contributed by atoms with Gasteiger partial charge in [0.15, 0.2) is 0 Å². The van der Waals surface area contributed by atoms with Crippen LogP contribution in [-0.4, -0.2) is 48.9 Å². The lowest BCUT2D eigenvalue weighted by molar-refractivity contribution is 0.0666. The first-order chi connectivity index (χ1) is 9.59. The molecule has 0 aliphatic heterocycles. The van der Waals surface area contributed by atoms with Gasteiger partial charge in [-0.05, 0) is 61.7 Å². The lowest BCUT2D eigenvalue weighted by Gasteiger charge is -2.30. The van der Waals surface area contributed by atoms with Crippen LogP contribution in [0.25, 0.3) is 0 Å². The molecule has 4 heteroatoms. The molecule has 1 amide bonds. The topological polar surface area (TPSA) is 23.6 Å². The van der Waals surface area contributed by atoms with Crippen molar-refractivity contribution < 1.29 is 4.79 Å². The molecule has 1 aromatic rings. The van der Waals surface area contributed by atoms with Gasteiger partial charge in [0.05, 0.1) is 5.56 Å². The largest absolute Gasteiger partial charge is 0.334 e. The molecular formula is C16H23IN2O. The fraction of sp³-hybridized carbons (Fsp3) is 0.562. The summed E-state index contributed by atoms with van der Waals surface area (Å²) < 4.78 is 1.04. The van der Waals surface area contributed by atoms with Crippen LogP contribution in [0, 0.1) is 3.57 Å². The van der Waals surface area contributed by atoms with Crippen LogP contribution in [0.4, 0.5) is 0 Å². The van der Waals surface area contributed by atoms with E-state index < -0.39 is 0 Å². The van der Waals surface area contributed by atoms with Crippen LogP contribution in [0.1, 0.15) is 36.0 Å². The van der Waals surface area contributed by atoms with E-state index >= 15 is 0 Å². The molecule has 0 bridgehead atoms. The highest BCUT2D eigenvalue weighted by Crippen LogP contribution is 2.25. The van der Waals surface area contributed by atoms with Crippen molar-refractivity contribution in [3.63, 3.8) is 0 Å². The van der Waals surface area contributed by atoms with Crippen molar-refractivity contribution in [1.29, 1.82) is 0 Å². The smallest absolute Gasteiger partial charge is 0.255 e. The van der Waals surface area contributed by atoms with Gasteiger partial charge >= 0.3 is 0 Å². The molecule has 1 saturated carbocycles. The third-order valence-corrected chi connectivity index (χ3v) is 4.86.